The minimum absolute atomic E-state index is 0.0159. The van der Waals surface area contributed by atoms with Crippen molar-refractivity contribution in [2.75, 3.05) is 5.32 Å². The number of carbonyl (C=O) groups is 1. The number of aromatic nitrogens is 2. The van der Waals surface area contributed by atoms with Crippen molar-refractivity contribution >= 4 is 11.7 Å². The monoisotopic (exact) mass is 328 g/mol. The largest absolute Gasteiger partial charge is 0.328 e. The SMILES string of the molecule is Cc1ccccc1-n1nc(C(C)(C)C)cc1NC(=O)CCC(C)N. The highest BCUT2D eigenvalue weighted by Crippen LogP contribution is 2.27. The molecule has 0 aliphatic rings. The van der Waals surface area contributed by atoms with Crippen LogP contribution in [0.2, 0.25) is 0 Å². The summed E-state index contributed by atoms with van der Waals surface area (Å²) in [5.41, 5.74) is 8.65. The van der Waals surface area contributed by atoms with Crippen LogP contribution in [0.5, 0.6) is 0 Å². The Bertz CT molecular complexity index is 710. The molecular weight excluding hydrogens is 300 g/mol. The maximum Gasteiger partial charge on any atom is 0.225 e. The molecule has 1 aromatic heterocycles. The van der Waals surface area contributed by atoms with Gasteiger partial charge in [-0.15, -0.1) is 0 Å². The number of amides is 1. The van der Waals surface area contributed by atoms with Gasteiger partial charge in [-0.05, 0) is 31.9 Å². The number of hydrogen-bond acceptors (Lipinski definition) is 3. The van der Waals surface area contributed by atoms with Crippen molar-refractivity contribution in [1.29, 1.82) is 0 Å². The predicted molar refractivity (Wildman–Crippen MR) is 98.5 cm³/mol. The normalized spacial score (nSPS) is 12.9. The Kier molecular flexibility index (Phi) is 5.44. The highest BCUT2D eigenvalue weighted by molar-refractivity contribution is 5.90. The second-order valence-corrected chi connectivity index (χ2v) is 7.43. The molecule has 5 heteroatoms. The Balaban J connectivity index is 2.37. The van der Waals surface area contributed by atoms with Crippen molar-refractivity contribution in [1.82, 2.24) is 9.78 Å². The maximum atomic E-state index is 12.2. The van der Waals surface area contributed by atoms with Gasteiger partial charge in [0, 0.05) is 23.9 Å². The van der Waals surface area contributed by atoms with Crippen LogP contribution in [-0.4, -0.2) is 21.7 Å². The van der Waals surface area contributed by atoms with Crippen LogP contribution >= 0.6 is 0 Å². The van der Waals surface area contributed by atoms with Gasteiger partial charge in [-0.1, -0.05) is 39.0 Å². The summed E-state index contributed by atoms with van der Waals surface area (Å²) in [7, 11) is 0. The van der Waals surface area contributed by atoms with E-state index in [4.69, 9.17) is 10.8 Å². The van der Waals surface area contributed by atoms with Crippen molar-refractivity contribution in [2.45, 2.75) is 58.9 Å². The van der Waals surface area contributed by atoms with Crippen molar-refractivity contribution in [2.24, 2.45) is 5.73 Å². The molecule has 0 radical (unpaired) electrons. The quantitative estimate of drug-likeness (QED) is 0.881. The smallest absolute Gasteiger partial charge is 0.225 e. The minimum atomic E-state index is -0.0980. The molecule has 1 heterocycles. The van der Waals surface area contributed by atoms with E-state index in [2.05, 4.69) is 26.1 Å². The maximum absolute atomic E-state index is 12.2. The topological polar surface area (TPSA) is 72.9 Å². The summed E-state index contributed by atoms with van der Waals surface area (Å²) >= 11 is 0. The van der Waals surface area contributed by atoms with E-state index in [1.807, 2.05) is 48.9 Å². The van der Waals surface area contributed by atoms with Gasteiger partial charge in [0.25, 0.3) is 0 Å². The Morgan fingerprint density at radius 1 is 1.33 bits per heavy atom. The van der Waals surface area contributed by atoms with E-state index in [0.29, 0.717) is 18.7 Å². The fraction of sp³-hybridized carbons (Fsp3) is 0.474. The van der Waals surface area contributed by atoms with E-state index in [1.54, 1.807) is 0 Å². The zero-order valence-corrected chi connectivity index (χ0v) is 15.3. The van der Waals surface area contributed by atoms with Crippen LogP contribution in [0.1, 0.15) is 51.8 Å². The number of benzene rings is 1. The first-order chi connectivity index (χ1) is 11.2. The molecule has 0 aliphatic heterocycles. The number of para-hydroxylation sites is 1. The van der Waals surface area contributed by atoms with Crippen LogP contribution in [0, 0.1) is 6.92 Å². The van der Waals surface area contributed by atoms with Crippen LogP contribution in [-0.2, 0) is 10.2 Å². The van der Waals surface area contributed by atoms with Gasteiger partial charge in [-0.2, -0.15) is 5.10 Å². The standard InChI is InChI=1S/C19H28N4O/c1-13-8-6-7-9-15(13)23-17(12-16(22-23)19(3,4)5)21-18(24)11-10-14(2)20/h6-9,12,14H,10-11,20H2,1-5H3,(H,21,24). The van der Waals surface area contributed by atoms with Gasteiger partial charge in [0.2, 0.25) is 5.91 Å². The summed E-state index contributed by atoms with van der Waals surface area (Å²) in [4.78, 5) is 12.2. The number of nitrogens with zero attached hydrogens (tertiary/aromatic N) is 2. The third-order valence-corrected chi connectivity index (χ3v) is 3.92. The molecule has 130 valence electrons. The first-order valence-electron chi connectivity index (χ1n) is 8.40. The molecule has 0 bridgehead atoms. The van der Waals surface area contributed by atoms with Crippen LogP contribution < -0.4 is 11.1 Å². The molecule has 0 saturated carbocycles. The fourth-order valence-electron chi connectivity index (χ4n) is 2.39. The number of anilines is 1. The van der Waals surface area contributed by atoms with E-state index in [0.717, 1.165) is 16.9 Å². The Hall–Kier alpha value is -2.14. The number of nitrogens with one attached hydrogen (secondary N) is 1. The van der Waals surface area contributed by atoms with Gasteiger partial charge in [0.05, 0.1) is 11.4 Å². The molecule has 3 N–H and O–H groups in total. The highest BCUT2D eigenvalue weighted by Gasteiger charge is 2.22. The molecule has 2 rings (SSSR count). The average Bonchev–Trinajstić information content (AvgIpc) is 2.89. The van der Waals surface area contributed by atoms with Gasteiger partial charge in [-0.25, -0.2) is 4.68 Å². The molecule has 0 fully saturated rings. The van der Waals surface area contributed by atoms with E-state index in [9.17, 15) is 4.79 Å². The molecule has 2 aromatic rings. The van der Waals surface area contributed by atoms with Gasteiger partial charge in [0.1, 0.15) is 5.82 Å². The predicted octanol–water partition coefficient (Wildman–Crippen LogP) is 3.54. The lowest BCUT2D eigenvalue weighted by Gasteiger charge is -2.14. The number of rotatable bonds is 5. The summed E-state index contributed by atoms with van der Waals surface area (Å²) in [6.45, 7) is 10.3. The van der Waals surface area contributed by atoms with Crippen molar-refractivity contribution in [3.8, 4) is 5.69 Å². The second kappa shape index (κ2) is 7.18. The molecule has 0 aliphatic carbocycles. The second-order valence-electron chi connectivity index (χ2n) is 7.43. The Morgan fingerprint density at radius 2 is 2.00 bits per heavy atom. The van der Waals surface area contributed by atoms with Crippen LogP contribution in [0.15, 0.2) is 30.3 Å². The molecular formula is C19H28N4O. The number of aryl methyl sites for hydroxylation is 1. The lowest BCUT2D eigenvalue weighted by molar-refractivity contribution is -0.116. The van der Waals surface area contributed by atoms with Crippen molar-refractivity contribution in [3.05, 3.63) is 41.6 Å². The molecule has 5 nitrogen and oxygen atoms in total. The lowest BCUT2D eigenvalue weighted by atomic mass is 9.92. The summed E-state index contributed by atoms with van der Waals surface area (Å²) < 4.78 is 1.82. The highest BCUT2D eigenvalue weighted by atomic mass is 16.1. The summed E-state index contributed by atoms with van der Waals surface area (Å²) in [6, 6.07) is 9.98. The molecule has 1 atom stereocenters. The summed E-state index contributed by atoms with van der Waals surface area (Å²) in [5.74, 6) is 0.659. The van der Waals surface area contributed by atoms with Gasteiger partial charge in [0.15, 0.2) is 0 Å². The number of carbonyl (C=O) groups excluding carboxylic acids is 1. The van der Waals surface area contributed by atoms with Crippen LogP contribution in [0.25, 0.3) is 5.69 Å². The molecule has 1 unspecified atom stereocenters. The minimum Gasteiger partial charge on any atom is -0.328 e. The summed E-state index contributed by atoms with van der Waals surface area (Å²) in [5, 5.41) is 7.73. The van der Waals surface area contributed by atoms with E-state index in [1.165, 1.54) is 0 Å². The molecule has 0 spiro atoms. The Labute approximate surface area is 144 Å². The van der Waals surface area contributed by atoms with Crippen LogP contribution in [0.3, 0.4) is 0 Å². The van der Waals surface area contributed by atoms with Gasteiger partial charge < -0.3 is 11.1 Å². The first-order valence-corrected chi connectivity index (χ1v) is 8.40. The molecule has 1 amide bonds. The summed E-state index contributed by atoms with van der Waals surface area (Å²) in [6.07, 6.45) is 1.07. The van der Waals surface area contributed by atoms with Crippen LogP contribution in [0.4, 0.5) is 5.82 Å². The molecule has 0 saturated heterocycles. The third kappa shape index (κ3) is 4.45. The van der Waals surface area contributed by atoms with Gasteiger partial charge >= 0.3 is 0 Å². The van der Waals surface area contributed by atoms with E-state index in [-0.39, 0.29) is 17.4 Å². The fourth-order valence-corrected chi connectivity index (χ4v) is 2.39. The molecule has 1 aromatic carbocycles. The van der Waals surface area contributed by atoms with E-state index < -0.39 is 0 Å². The third-order valence-electron chi connectivity index (χ3n) is 3.92. The lowest BCUT2D eigenvalue weighted by Crippen LogP contribution is -2.20. The average molecular weight is 328 g/mol. The van der Waals surface area contributed by atoms with Crippen molar-refractivity contribution < 1.29 is 4.79 Å². The Morgan fingerprint density at radius 3 is 2.58 bits per heavy atom. The van der Waals surface area contributed by atoms with Gasteiger partial charge in [-0.3, -0.25) is 4.79 Å². The van der Waals surface area contributed by atoms with E-state index >= 15 is 0 Å². The first kappa shape index (κ1) is 18.2. The number of hydrogen-bond donors (Lipinski definition) is 2. The zero-order valence-electron chi connectivity index (χ0n) is 15.3. The number of nitrogens with two attached hydrogens (primary N) is 1. The zero-order chi connectivity index (χ0) is 17.9. The van der Waals surface area contributed by atoms with Crippen molar-refractivity contribution in [3.63, 3.8) is 0 Å². The molecule has 24 heavy (non-hydrogen) atoms.